The molecule has 2 aromatic carbocycles. The van der Waals surface area contributed by atoms with Gasteiger partial charge in [-0.15, -0.1) is 11.3 Å². The van der Waals surface area contributed by atoms with E-state index in [4.69, 9.17) is 16.2 Å². The number of thiophene rings is 1. The largest absolute Gasteiger partial charge is 0.484 e. The van der Waals surface area contributed by atoms with Crippen molar-refractivity contribution in [1.29, 1.82) is 0 Å². The van der Waals surface area contributed by atoms with E-state index in [1.165, 1.54) is 25.1 Å². The summed E-state index contributed by atoms with van der Waals surface area (Å²) in [6.45, 7) is 2.59. The Hall–Kier alpha value is -4.42. The summed E-state index contributed by atoms with van der Waals surface area (Å²) in [5.41, 5.74) is 13.7. The highest BCUT2D eigenvalue weighted by Crippen LogP contribution is 2.39. The number of imidazole rings is 1. The smallest absolute Gasteiger partial charge is 0.416 e. The molecule has 0 aliphatic rings. The van der Waals surface area contributed by atoms with Crippen molar-refractivity contribution in [2.75, 3.05) is 18.4 Å². The van der Waals surface area contributed by atoms with E-state index >= 15 is 0 Å². The highest BCUT2D eigenvalue weighted by molar-refractivity contribution is 7.16. The molecule has 1 unspecified atom stereocenters. The lowest BCUT2D eigenvalue weighted by Gasteiger charge is -2.19. The maximum atomic E-state index is 13.6. The average molecular weight is 567 g/mol. The zero-order valence-electron chi connectivity index (χ0n) is 21.3. The Morgan fingerprint density at radius 1 is 1.10 bits per heavy atom. The lowest BCUT2D eigenvalue weighted by molar-refractivity contribution is -0.139. The van der Waals surface area contributed by atoms with Crippen LogP contribution in [0.2, 0.25) is 0 Å². The van der Waals surface area contributed by atoms with Crippen LogP contribution in [0, 0.1) is 0 Å². The highest BCUT2D eigenvalue weighted by atomic mass is 32.1. The Kier molecular flexibility index (Phi) is 7.46. The van der Waals surface area contributed by atoms with E-state index < -0.39 is 23.8 Å². The number of carbonyl (C=O) groups excluding carboxylic acids is 1. The molecule has 40 heavy (non-hydrogen) atoms. The molecule has 0 radical (unpaired) electrons. The van der Waals surface area contributed by atoms with Gasteiger partial charge in [-0.1, -0.05) is 24.3 Å². The molecule has 0 spiro atoms. The van der Waals surface area contributed by atoms with Gasteiger partial charge in [0.25, 0.3) is 5.91 Å². The third kappa shape index (κ3) is 5.49. The van der Waals surface area contributed by atoms with Crippen LogP contribution < -0.4 is 21.5 Å². The van der Waals surface area contributed by atoms with Gasteiger partial charge >= 0.3 is 6.18 Å². The van der Waals surface area contributed by atoms with E-state index in [2.05, 4.69) is 15.3 Å². The topological polar surface area (TPSA) is 121 Å². The van der Waals surface area contributed by atoms with Gasteiger partial charge in [-0.25, -0.2) is 9.97 Å². The van der Waals surface area contributed by atoms with Crippen LogP contribution in [0.1, 0.15) is 33.8 Å². The number of carbonyl (C=O) groups is 1. The number of hydrogen-bond acceptors (Lipinski definition) is 7. The molecule has 5 aromatic rings. The summed E-state index contributed by atoms with van der Waals surface area (Å²) in [4.78, 5) is 21.2. The number of nitrogens with zero attached hydrogens (tertiary/aromatic N) is 3. The lowest BCUT2D eigenvalue weighted by Crippen LogP contribution is -2.15. The fourth-order valence-corrected chi connectivity index (χ4v) is 5.31. The summed E-state index contributed by atoms with van der Waals surface area (Å²) in [5.74, 6) is 0.0708. The van der Waals surface area contributed by atoms with Crippen LogP contribution in [-0.2, 0) is 6.18 Å². The second kappa shape index (κ2) is 11.0. The Labute approximate surface area is 231 Å². The molecule has 0 fully saturated rings. The molecule has 5 rings (SSSR count). The number of pyridine rings is 1. The van der Waals surface area contributed by atoms with Gasteiger partial charge in [-0.2, -0.15) is 13.2 Å². The van der Waals surface area contributed by atoms with Crippen molar-refractivity contribution in [2.24, 2.45) is 11.5 Å². The number of alkyl halides is 3. The van der Waals surface area contributed by atoms with Crippen molar-refractivity contribution in [2.45, 2.75) is 19.2 Å². The van der Waals surface area contributed by atoms with Crippen molar-refractivity contribution in [3.05, 3.63) is 89.2 Å². The monoisotopic (exact) mass is 566 g/mol. The zero-order chi connectivity index (χ0) is 28.4. The van der Waals surface area contributed by atoms with E-state index in [9.17, 15) is 18.0 Å². The fraction of sp³-hybridized carbons (Fsp3) is 0.179. The van der Waals surface area contributed by atoms with Crippen LogP contribution in [0.4, 0.5) is 19.0 Å². The molecule has 5 N–H and O–H groups in total. The molecule has 12 heteroatoms. The molecule has 1 amide bonds. The van der Waals surface area contributed by atoms with E-state index in [-0.39, 0.29) is 16.2 Å². The molecule has 8 nitrogen and oxygen atoms in total. The fourth-order valence-electron chi connectivity index (χ4n) is 4.38. The molecule has 3 aromatic heterocycles. The Balaban J connectivity index is 1.46. The van der Waals surface area contributed by atoms with E-state index in [0.717, 1.165) is 34.0 Å². The van der Waals surface area contributed by atoms with Crippen molar-refractivity contribution in [3.8, 4) is 21.9 Å². The number of anilines is 1. The van der Waals surface area contributed by atoms with Gasteiger partial charge in [0.2, 0.25) is 0 Å². The van der Waals surface area contributed by atoms with Crippen molar-refractivity contribution >= 4 is 34.1 Å². The quantitative estimate of drug-likeness (QED) is 0.208. The maximum absolute atomic E-state index is 13.6. The van der Waals surface area contributed by atoms with Crippen LogP contribution in [0.5, 0.6) is 5.75 Å². The summed E-state index contributed by atoms with van der Waals surface area (Å²) < 4.78 is 48.3. The summed E-state index contributed by atoms with van der Waals surface area (Å²) in [6.07, 6.45) is -2.22. The van der Waals surface area contributed by atoms with Crippen molar-refractivity contribution in [1.82, 2.24) is 14.5 Å². The van der Waals surface area contributed by atoms with Crippen LogP contribution in [0.3, 0.4) is 0 Å². The number of nitrogens with two attached hydrogens (primary N) is 2. The number of aromatic nitrogens is 3. The van der Waals surface area contributed by atoms with Gasteiger partial charge in [0.1, 0.15) is 33.9 Å². The number of primary amides is 1. The zero-order valence-corrected chi connectivity index (χ0v) is 22.1. The second-order valence-electron chi connectivity index (χ2n) is 8.95. The molecular formula is C28H25F3N6O2S. The summed E-state index contributed by atoms with van der Waals surface area (Å²) in [6, 6.07) is 16.4. The van der Waals surface area contributed by atoms with Crippen LogP contribution in [0.15, 0.2) is 73.2 Å². The number of hydrogen-bond donors (Lipinski definition) is 3. The molecule has 0 saturated heterocycles. The summed E-state index contributed by atoms with van der Waals surface area (Å²) >= 11 is 1.07. The Morgan fingerprint density at radius 2 is 1.88 bits per heavy atom. The normalized spacial score (nSPS) is 12.4. The minimum absolute atomic E-state index is 0.0451. The number of amides is 1. The molecular weight excluding hydrogens is 541 g/mol. The SMILES string of the molecule is CC(Oc1cc(-n2cnc3cc(-c4ccnc(NCCN)c4)ccc32)sc1C(N)=O)c1ccccc1C(F)(F)F. The number of benzene rings is 2. The number of fused-ring (bicyclic) bond motifs is 1. The van der Waals surface area contributed by atoms with Gasteiger partial charge in [0.15, 0.2) is 0 Å². The predicted molar refractivity (Wildman–Crippen MR) is 149 cm³/mol. The van der Waals surface area contributed by atoms with Crippen LogP contribution in [0.25, 0.3) is 27.2 Å². The minimum Gasteiger partial charge on any atom is -0.484 e. The predicted octanol–water partition coefficient (Wildman–Crippen LogP) is 5.78. The van der Waals surface area contributed by atoms with E-state index in [0.29, 0.717) is 29.4 Å². The molecule has 0 aliphatic carbocycles. The number of halogens is 3. The van der Waals surface area contributed by atoms with Gasteiger partial charge in [-0.05, 0) is 48.4 Å². The molecule has 0 aliphatic heterocycles. The standard InChI is InChI=1S/C28H25F3N6O2S/c1-16(19-4-2-3-5-20(19)28(29,30)31)39-23-14-25(40-26(23)27(33)38)37-15-36-21-12-17(6-7-22(21)37)18-8-10-34-24(13-18)35-11-9-32/h2-8,10,12-16H,9,11,32H2,1H3,(H2,33,38)(H,34,35). The third-order valence-corrected chi connectivity index (χ3v) is 7.38. The molecule has 3 heterocycles. The van der Waals surface area contributed by atoms with E-state index in [1.807, 2.05) is 30.3 Å². The second-order valence-corrected chi connectivity index (χ2v) is 9.98. The number of ether oxygens (including phenoxy) is 1. The van der Waals surface area contributed by atoms with Gasteiger partial charge in [0.05, 0.1) is 16.6 Å². The minimum atomic E-state index is -4.55. The molecule has 1 atom stereocenters. The maximum Gasteiger partial charge on any atom is 0.416 e. The molecule has 0 saturated carbocycles. The first-order valence-corrected chi connectivity index (χ1v) is 13.1. The number of rotatable bonds is 9. The van der Waals surface area contributed by atoms with Gasteiger partial charge in [-0.3, -0.25) is 9.36 Å². The highest BCUT2D eigenvalue weighted by Gasteiger charge is 2.35. The van der Waals surface area contributed by atoms with Gasteiger partial charge in [0, 0.05) is 30.9 Å². The first kappa shape index (κ1) is 27.2. The molecule has 0 bridgehead atoms. The van der Waals surface area contributed by atoms with Crippen LogP contribution in [-0.4, -0.2) is 33.5 Å². The summed E-state index contributed by atoms with van der Waals surface area (Å²) in [7, 11) is 0. The van der Waals surface area contributed by atoms with E-state index in [1.54, 1.807) is 23.2 Å². The number of nitrogens with one attached hydrogen (secondary N) is 1. The first-order chi connectivity index (χ1) is 19.2. The van der Waals surface area contributed by atoms with Gasteiger partial charge < -0.3 is 21.5 Å². The van der Waals surface area contributed by atoms with Crippen molar-refractivity contribution in [3.63, 3.8) is 0 Å². The van der Waals surface area contributed by atoms with Crippen molar-refractivity contribution < 1.29 is 22.7 Å². The van der Waals surface area contributed by atoms with Crippen LogP contribution >= 0.6 is 11.3 Å². The lowest BCUT2D eigenvalue weighted by atomic mass is 10.0. The third-order valence-electron chi connectivity index (χ3n) is 6.25. The Bertz CT molecular complexity index is 1680. The Morgan fingerprint density at radius 3 is 2.62 bits per heavy atom. The summed E-state index contributed by atoms with van der Waals surface area (Å²) in [5, 5.41) is 3.73. The average Bonchev–Trinajstić information content (AvgIpc) is 3.55. The first-order valence-electron chi connectivity index (χ1n) is 12.3. The molecule has 206 valence electrons.